The molecular weight excluding hydrogens is 290 g/mol. The van der Waals surface area contributed by atoms with Crippen LogP contribution in [-0.2, 0) is 7.05 Å². The Morgan fingerprint density at radius 1 is 1.43 bits per heavy atom. The first-order valence-electron chi connectivity index (χ1n) is 6.45. The number of carbonyl (C=O) groups is 1. The van der Waals surface area contributed by atoms with Crippen molar-refractivity contribution in [3.63, 3.8) is 0 Å². The quantitative estimate of drug-likeness (QED) is 0.618. The zero-order chi connectivity index (χ0) is 15.2. The normalized spacial score (nSPS) is 12.1. The second-order valence-electron chi connectivity index (χ2n) is 4.58. The molecule has 21 heavy (non-hydrogen) atoms. The third kappa shape index (κ3) is 4.57. The number of hydrogen-bond donors (Lipinski definition) is 1. The van der Waals surface area contributed by atoms with Gasteiger partial charge in [-0.3, -0.25) is 4.79 Å². The third-order valence-electron chi connectivity index (χ3n) is 2.78. The molecule has 2 rings (SSSR count). The molecule has 0 amide bonds. The highest BCUT2D eigenvalue weighted by Gasteiger charge is 2.09. The van der Waals surface area contributed by atoms with Crippen LogP contribution in [0.4, 0.5) is 0 Å². The molecule has 1 unspecified atom stereocenters. The van der Waals surface area contributed by atoms with Crippen LogP contribution in [0.5, 0.6) is 5.75 Å². The predicted octanol–water partition coefficient (Wildman–Crippen LogP) is 1.55. The summed E-state index contributed by atoms with van der Waals surface area (Å²) in [7, 11) is 1.85. The number of aryl methyl sites for hydroxylation is 1. The van der Waals surface area contributed by atoms with Crippen molar-refractivity contribution in [1.29, 1.82) is 0 Å². The molecule has 0 aliphatic rings. The number of rotatable bonds is 7. The van der Waals surface area contributed by atoms with Crippen molar-refractivity contribution in [2.24, 2.45) is 7.05 Å². The molecule has 0 fully saturated rings. The minimum Gasteiger partial charge on any atom is -0.491 e. The minimum atomic E-state index is -0.612. The molecule has 1 atom stereocenters. The fourth-order valence-corrected chi connectivity index (χ4v) is 2.39. The van der Waals surface area contributed by atoms with Crippen LogP contribution in [0.1, 0.15) is 17.3 Å². The smallest absolute Gasteiger partial charge is 0.190 e. The van der Waals surface area contributed by atoms with E-state index >= 15 is 0 Å². The molecule has 0 radical (unpaired) electrons. The average molecular weight is 307 g/mol. The molecule has 0 saturated heterocycles. The summed E-state index contributed by atoms with van der Waals surface area (Å²) in [5.74, 6) is 1.11. The number of aliphatic hydroxyl groups excluding tert-OH is 1. The molecular formula is C14H17N3O3S. The number of Topliss-reactive ketones (excluding diaryl/α,β-unsaturated/α-hetero) is 1. The second-order valence-corrected chi connectivity index (χ2v) is 5.57. The molecule has 1 N–H and O–H groups in total. The zero-order valence-corrected chi connectivity index (χ0v) is 12.7. The van der Waals surface area contributed by atoms with Gasteiger partial charge in [-0.15, -0.1) is 10.2 Å². The Kier molecular flexibility index (Phi) is 5.35. The lowest BCUT2D eigenvalue weighted by Gasteiger charge is -2.12. The van der Waals surface area contributed by atoms with Crippen molar-refractivity contribution >= 4 is 17.5 Å². The Morgan fingerprint density at radius 3 is 2.71 bits per heavy atom. The van der Waals surface area contributed by atoms with Crippen molar-refractivity contribution in [2.75, 3.05) is 12.4 Å². The zero-order valence-electron chi connectivity index (χ0n) is 11.9. The average Bonchev–Trinajstić information content (AvgIpc) is 2.88. The van der Waals surface area contributed by atoms with E-state index in [1.165, 1.54) is 18.7 Å². The summed E-state index contributed by atoms with van der Waals surface area (Å²) in [5, 5.41) is 18.3. The van der Waals surface area contributed by atoms with Crippen molar-refractivity contribution in [3.8, 4) is 5.75 Å². The van der Waals surface area contributed by atoms with Crippen LogP contribution in [0, 0.1) is 0 Å². The maximum atomic E-state index is 11.2. The fraction of sp³-hybridized carbons (Fsp3) is 0.357. The number of thioether (sulfide) groups is 1. The lowest BCUT2D eigenvalue weighted by molar-refractivity contribution is 0.101. The summed E-state index contributed by atoms with van der Waals surface area (Å²) in [4.78, 5) is 11.2. The van der Waals surface area contributed by atoms with Crippen LogP contribution in [0.25, 0.3) is 0 Å². The lowest BCUT2D eigenvalue weighted by atomic mass is 10.1. The van der Waals surface area contributed by atoms with E-state index in [-0.39, 0.29) is 12.4 Å². The fourth-order valence-electron chi connectivity index (χ4n) is 1.60. The maximum Gasteiger partial charge on any atom is 0.190 e. The van der Waals surface area contributed by atoms with E-state index in [0.29, 0.717) is 17.1 Å². The molecule has 6 nitrogen and oxygen atoms in total. The summed E-state index contributed by atoms with van der Waals surface area (Å²) in [6.45, 7) is 1.70. The van der Waals surface area contributed by atoms with E-state index in [9.17, 15) is 9.90 Å². The van der Waals surface area contributed by atoms with E-state index < -0.39 is 6.10 Å². The Balaban J connectivity index is 1.77. The monoisotopic (exact) mass is 307 g/mol. The van der Waals surface area contributed by atoms with E-state index in [2.05, 4.69) is 10.2 Å². The van der Waals surface area contributed by atoms with Gasteiger partial charge in [0.1, 0.15) is 18.7 Å². The molecule has 1 aromatic carbocycles. The van der Waals surface area contributed by atoms with Crippen LogP contribution < -0.4 is 4.74 Å². The molecule has 7 heteroatoms. The van der Waals surface area contributed by atoms with Gasteiger partial charge in [0.05, 0.1) is 6.10 Å². The summed E-state index contributed by atoms with van der Waals surface area (Å²) < 4.78 is 7.28. The van der Waals surface area contributed by atoms with Gasteiger partial charge in [-0.05, 0) is 31.2 Å². The van der Waals surface area contributed by atoms with Crippen LogP contribution in [0.15, 0.2) is 35.7 Å². The van der Waals surface area contributed by atoms with Crippen LogP contribution >= 0.6 is 11.8 Å². The first-order chi connectivity index (χ1) is 10.1. The number of nitrogens with zero attached hydrogens (tertiary/aromatic N) is 3. The van der Waals surface area contributed by atoms with E-state index in [1.807, 2.05) is 7.05 Å². The van der Waals surface area contributed by atoms with Crippen molar-refractivity contribution < 1.29 is 14.6 Å². The molecule has 0 aliphatic heterocycles. The highest BCUT2D eigenvalue weighted by atomic mass is 32.2. The summed E-state index contributed by atoms with van der Waals surface area (Å²) in [5.41, 5.74) is 0.640. The predicted molar refractivity (Wildman–Crippen MR) is 79.7 cm³/mol. The second kappa shape index (κ2) is 7.24. The van der Waals surface area contributed by atoms with Gasteiger partial charge < -0.3 is 14.4 Å². The molecule has 0 bridgehead atoms. The Morgan fingerprint density at radius 2 is 2.14 bits per heavy atom. The van der Waals surface area contributed by atoms with Crippen molar-refractivity contribution in [1.82, 2.24) is 14.8 Å². The van der Waals surface area contributed by atoms with E-state index in [4.69, 9.17) is 4.74 Å². The van der Waals surface area contributed by atoms with Gasteiger partial charge in [-0.25, -0.2) is 0 Å². The Hall–Kier alpha value is -1.86. The van der Waals surface area contributed by atoms with Gasteiger partial charge in [-0.2, -0.15) is 0 Å². The largest absolute Gasteiger partial charge is 0.491 e. The van der Waals surface area contributed by atoms with Crippen molar-refractivity contribution in [2.45, 2.75) is 18.2 Å². The van der Waals surface area contributed by atoms with Crippen molar-refractivity contribution in [3.05, 3.63) is 36.2 Å². The molecule has 0 aliphatic carbocycles. The molecule has 1 aromatic heterocycles. The Labute approximate surface area is 127 Å². The number of aliphatic hydroxyl groups is 1. The molecule has 1 heterocycles. The van der Waals surface area contributed by atoms with Gasteiger partial charge in [0.2, 0.25) is 0 Å². The first kappa shape index (κ1) is 15.5. The first-order valence-corrected chi connectivity index (χ1v) is 7.43. The highest BCUT2D eigenvalue weighted by molar-refractivity contribution is 7.99. The lowest BCUT2D eigenvalue weighted by Crippen LogP contribution is -2.20. The van der Waals surface area contributed by atoms with Crippen LogP contribution in [0.2, 0.25) is 0 Å². The number of benzene rings is 1. The third-order valence-corrected chi connectivity index (χ3v) is 3.96. The maximum absolute atomic E-state index is 11.2. The van der Waals surface area contributed by atoms with Gasteiger partial charge in [0.15, 0.2) is 10.9 Å². The van der Waals surface area contributed by atoms with Gasteiger partial charge in [-0.1, -0.05) is 11.8 Å². The van der Waals surface area contributed by atoms with Gasteiger partial charge in [0, 0.05) is 18.4 Å². The SMILES string of the molecule is CC(=O)c1ccc(OCC(O)CSc2nncn2C)cc1. The molecule has 0 spiro atoms. The molecule has 112 valence electrons. The number of carbonyl (C=O) groups excluding carboxylic acids is 1. The van der Waals surface area contributed by atoms with Crippen LogP contribution in [-0.4, -0.2) is 44.1 Å². The van der Waals surface area contributed by atoms with E-state index in [0.717, 1.165) is 5.16 Å². The topological polar surface area (TPSA) is 77.2 Å². The highest BCUT2D eigenvalue weighted by Crippen LogP contribution is 2.16. The van der Waals surface area contributed by atoms with Gasteiger partial charge >= 0.3 is 0 Å². The standard InChI is InChI=1S/C14H17N3O3S/c1-10(18)11-3-5-13(6-4-11)20-7-12(19)8-21-14-16-15-9-17(14)2/h3-6,9,12,19H,7-8H2,1-2H3. The summed E-state index contributed by atoms with van der Waals surface area (Å²) >= 11 is 1.42. The van der Waals surface area contributed by atoms with Gasteiger partial charge in [0.25, 0.3) is 0 Å². The summed E-state index contributed by atoms with van der Waals surface area (Å²) in [6.07, 6.45) is 1.00. The minimum absolute atomic E-state index is 0.0154. The molecule has 2 aromatic rings. The van der Waals surface area contributed by atoms with E-state index in [1.54, 1.807) is 35.2 Å². The number of hydrogen-bond acceptors (Lipinski definition) is 6. The summed E-state index contributed by atoms with van der Waals surface area (Å²) in [6, 6.07) is 6.86. The molecule has 0 saturated carbocycles. The number of aromatic nitrogens is 3. The Bertz CT molecular complexity index is 598. The number of ether oxygens (including phenoxy) is 1. The van der Waals surface area contributed by atoms with Crippen LogP contribution in [0.3, 0.4) is 0 Å². The number of ketones is 1.